The highest BCUT2D eigenvalue weighted by Gasteiger charge is 2.47. The molecule has 1 aromatic carbocycles. The molecular formula is C18H25NO3. The fraction of sp³-hybridized carbons (Fsp3) is 0.556. The van der Waals surface area contributed by atoms with Gasteiger partial charge in [0.25, 0.3) is 0 Å². The second-order valence-electron chi connectivity index (χ2n) is 6.28. The molecule has 4 heteroatoms. The Labute approximate surface area is 131 Å². The van der Waals surface area contributed by atoms with Crippen LogP contribution in [0.4, 0.5) is 5.69 Å². The molecule has 0 aliphatic heterocycles. The SMILES string of the molecule is CCCC1CCCCC1(CC(=O)O)C(=O)Nc1ccccc1. The van der Waals surface area contributed by atoms with Gasteiger partial charge in [-0.2, -0.15) is 0 Å². The molecule has 1 fully saturated rings. The summed E-state index contributed by atoms with van der Waals surface area (Å²) in [5.41, 5.74) is -0.0336. The third-order valence-electron chi connectivity index (χ3n) is 4.79. The van der Waals surface area contributed by atoms with Gasteiger partial charge in [0.2, 0.25) is 5.91 Å². The standard InChI is InChI=1S/C18H25NO3/c1-2-8-14-9-6-7-12-18(14,13-16(20)21)17(22)19-15-10-4-3-5-11-15/h3-5,10-11,14H,2,6-9,12-13H2,1H3,(H,19,22)(H,20,21). The number of amides is 1. The van der Waals surface area contributed by atoms with Crippen molar-refractivity contribution < 1.29 is 14.7 Å². The topological polar surface area (TPSA) is 66.4 Å². The maximum absolute atomic E-state index is 12.9. The highest BCUT2D eigenvalue weighted by Crippen LogP contribution is 2.47. The number of para-hydroxylation sites is 1. The molecule has 120 valence electrons. The highest BCUT2D eigenvalue weighted by molar-refractivity contribution is 5.97. The van der Waals surface area contributed by atoms with E-state index in [0.717, 1.165) is 37.8 Å². The van der Waals surface area contributed by atoms with Gasteiger partial charge in [-0.3, -0.25) is 9.59 Å². The summed E-state index contributed by atoms with van der Waals surface area (Å²) >= 11 is 0. The molecule has 0 bridgehead atoms. The Morgan fingerprint density at radius 3 is 2.64 bits per heavy atom. The largest absolute Gasteiger partial charge is 0.481 e. The van der Waals surface area contributed by atoms with Gasteiger partial charge in [-0.05, 0) is 37.3 Å². The molecule has 4 nitrogen and oxygen atoms in total. The summed E-state index contributed by atoms with van der Waals surface area (Å²) in [6.07, 6.45) is 5.45. The van der Waals surface area contributed by atoms with Crippen molar-refractivity contribution in [2.45, 2.75) is 51.9 Å². The summed E-state index contributed by atoms with van der Waals surface area (Å²) < 4.78 is 0. The van der Waals surface area contributed by atoms with Gasteiger partial charge in [-0.1, -0.05) is 44.4 Å². The third-order valence-corrected chi connectivity index (χ3v) is 4.79. The van der Waals surface area contributed by atoms with Crippen LogP contribution in [0.25, 0.3) is 0 Å². The molecule has 1 amide bonds. The van der Waals surface area contributed by atoms with E-state index in [9.17, 15) is 14.7 Å². The minimum absolute atomic E-state index is 0.0731. The number of hydrogen-bond donors (Lipinski definition) is 2. The van der Waals surface area contributed by atoms with Crippen LogP contribution in [0.2, 0.25) is 0 Å². The van der Waals surface area contributed by atoms with Gasteiger partial charge in [0.15, 0.2) is 0 Å². The lowest BCUT2D eigenvalue weighted by molar-refractivity contribution is -0.148. The van der Waals surface area contributed by atoms with Crippen molar-refractivity contribution in [1.29, 1.82) is 0 Å². The van der Waals surface area contributed by atoms with Crippen LogP contribution in [-0.4, -0.2) is 17.0 Å². The van der Waals surface area contributed by atoms with E-state index < -0.39 is 11.4 Å². The number of rotatable bonds is 6. The number of carbonyl (C=O) groups is 2. The van der Waals surface area contributed by atoms with Gasteiger partial charge in [-0.15, -0.1) is 0 Å². The molecule has 1 aliphatic carbocycles. The first-order valence-electron chi connectivity index (χ1n) is 8.17. The molecule has 0 heterocycles. The minimum Gasteiger partial charge on any atom is -0.481 e. The molecule has 2 unspecified atom stereocenters. The number of carboxylic acids is 1. The maximum Gasteiger partial charge on any atom is 0.304 e. The number of nitrogens with one attached hydrogen (secondary N) is 1. The smallest absolute Gasteiger partial charge is 0.304 e. The van der Waals surface area contributed by atoms with Crippen LogP contribution < -0.4 is 5.32 Å². The summed E-state index contributed by atoms with van der Waals surface area (Å²) in [7, 11) is 0. The second-order valence-corrected chi connectivity index (χ2v) is 6.28. The van der Waals surface area contributed by atoms with E-state index in [1.165, 1.54) is 0 Å². The summed E-state index contributed by atoms with van der Waals surface area (Å²) in [4.78, 5) is 24.3. The monoisotopic (exact) mass is 303 g/mol. The molecule has 1 aromatic rings. The van der Waals surface area contributed by atoms with Crippen LogP contribution in [0.15, 0.2) is 30.3 Å². The Balaban J connectivity index is 2.26. The van der Waals surface area contributed by atoms with E-state index in [-0.39, 0.29) is 18.2 Å². The van der Waals surface area contributed by atoms with E-state index in [4.69, 9.17) is 0 Å². The van der Waals surface area contributed by atoms with Crippen LogP contribution in [0, 0.1) is 11.3 Å². The van der Waals surface area contributed by atoms with Crippen LogP contribution in [-0.2, 0) is 9.59 Å². The van der Waals surface area contributed by atoms with E-state index in [1.807, 2.05) is 30.3 Å². The molecule has 0 spiro atoms. The fourth-order valence-corrected chi connectivity index (χ4v) is 3.74. The highest BCUT2D eigenvalue weighted by atomic mass is 16.4. The Bertz CT molecular complexity index is 512. The van der Waals surface area contributed by atoms with Gasteiger partial charge in [0, 0.05) is 5.69 Å². The Morgan fingerprint density at radius 1 is 1.27 bits per heavy atom. The number of carbonyl (C=O) groups excluding carboxylic acids is 1. The number of hydrogen-bond acceptors (Lipinski definition) is 2. The van der Waals surface area contributed by atoms with Crippen molar-refractivity contribution in [2.75, 3.05) is 5.32 Å². The lowest BCUT2D eigenvalue weighted by atomic mass is 9.62. The normalized spacial score (nSPS) is 24.7. The predicted octanol–water partition coefficient (Wildman–Crippen LogP) is 4.08. The zero-order valence-corrected chi connectivity index (χ0v) is 13.2. The van der Waals surface area contributed by atoms with Gasteiger partial charge in [-0.25, -0.2) is 0 Å². The van der Waals surface area contributed by atoms with Crippen LogP contribution in [0.5, 0.6) is 0 Å². The van der Waals surface area contributed by atoms with Gasteiger partial charge >= 0.3 is 5.97 Å². The van der Waals surface area contributed by atoms with E-state index in [2.05, 4.69) is 12.2 Å². The molecule has 0 saturated heterocycles. The molecule has 2 atom stereocenters. The zero-order chi connectivity index (χ0) is 16.0. The van der Waals surface area contributed by atoms with Gasteiger partial charge in [0.05, 0.1) is 11.8 Å². The molecule has 1 aliphatic rings. The molecule has 1 saturated carbocycles. The van der Waals surface area contributed by atoms with Gasteiger partial charge < -0.3 is 10.4 Å². The number of benzene rings is 1. The Kier molecular flexibility index (Phi) is 5.58. The number of carboxylic acid groups (broad SMARTS) is 1. The zero-order valence-electron chi connectivity index (χ0n) is 13.2. The van der Waals surface area contributed by atoms with Crippen molar-refractivity contribution in [1.82, 2.24) is 0 Å². The Hall–Kier alpha value is -1.84. The average Bonchev–Trinajstić information content (AvgIpc) is 2.50. The van der Waals surface area contributed by atoms with E-state index in [1.54, 1.807) is 0 Å². The van der Waals surface area contributed by atoms with E-state index >= 15 is 0 Å². The molecule has 2 N–H and O–H groups in total. The first-order valence-corrected chi connectivity index (χ1v) is 8.17. The Morgan fingerprint density at radius 2 is 2.00 bits per heavy atom. The summed E-state index contributed by atoms with van der Waals surface area (Å²) in [5, 5.41) is 12.3. The molecule has 2 rings (SSSR count). The van der Waals surface area contributed by atoms with Crippen LogP contribution in [0.3, 0.4) is 0 Å². The lowest BCUT2D eigenvalue weighted by Crippen LogP contribution is -2.46. The summed E-state index contributed by atoms with van der Waals surface area (Å²) in [6.45, 7) is 2.09. The molecule has 22 heavy (non-hydrogen) atoms. The average molecular weight is 303 g/mol. The first kappa shape index (κ1) is 16.5. The van der Waals surface area contributed by atoms with Gasteiger partial charge in [0.1, 0.15) is 0 Å². The first-order chi connectivity index (χ1) is 10.6. The van der Waals surface area contributed by atoms with Crippen molar-refractivity contribution in [3.63, 3.8) is 0 Å². The lowest BCUT2D eigenvalue weighted by Gasteiger charge is -2.42. The quantitative estimate of drug-likeness (QED) is 0.832. The third kappa shape index (κ3) is 3.67. The maximum atomic E-state index is 12.9. The van der Waals surface area contributed by atoms with Crippen molar-refractivity contribution in [3.8, 4) is 0 Å². The van der Waals surface area contributed by atoms with Crippen molar-refractivity contribution >= 4 is 17.6 Å². The minimum atomic E-state index is -0.883. The summed E-state index contributed by atoms with van der Waals surface area (Å²) in [6, 6.07) is 9.30. The van der Waals surface area contributed by atoms with E-state index in [0.29, 0.717) is 6.42 Å². The van der Waals surface area contributed by atoms with Crippen LogP contribution in [0.1, 0.15) is 51.9 Å². The van der Waals surface area contributed by atoms with Crippen molar-refractivity contribution in [2.24, 2.45) is 11.3 Å². The molecular weight excluding hydrogens is 278 g/mol. The predicted molar refractivity (Wildman–Crippen MR) is 86.6 cm³/mol. The second kappa shape index (κ2) is 7.43. The number of anilines is 1. The molecule has 0 aromatic heterocycles. The summed E-state index contributed by atoms with van der Waals surface area (Å²) in [5.74, 6) is -0.850. The number of aliphatic carboxylic acids is 1. The molecule has 0 radical (unpaired) electrons. The van der Waals surface area contributed by atoms with Crippen LogP contribution >= 0.6 is 0 Å². The van der Waals surface area contributed by atoms with Crippen molar-refractivity contribution in [3.05, 3.63) is 30.3 Å². The fourth-order valence-electron chi connectivity index (χ4n) is 3.74.